The molecular formula is C12H9FINO3. The molecule has 0 spiro atoms. The highest BCUT2D eigenvalue weighted by Crippen LogP contribution is 2.19. The number of fused-ring (bicyclic) bond motifs is 1. The molecule has 0 fully saturated rings. The molecule has 18 heavy (non-hydrogen) atoms. The lowest BCUT2D eigenvalue weighted by atomic mass is 10.1. The number of aryl methyl sites for hydroxylation is 1. The van der Waals surface area contributed by atoms with Gasteiger partial charge in [-0.25, -0.2) is 9.18 Å². The Bertz CT molecular complexity index is 709. The molecule has 6 heteroatoms. The van der Waals surface area contributed by atoms with Gasteiger partial charge in [0.2, 0.25) is 5.43 Å². The predicted molar refractivity (Wildman–Crippen MR) is 73.5 cm³/mol. The van der Waals surface area contributed by atoms with Crippen molar-refractivity contribution >= 4 is 39.5 Å². The minimum absolute atomic E-state index is 0.0923. The van der Waals surface area contributed by atoms with Crippen LogP contribution >= 0.6 is 22.6 Å². The zero-order valence-corrected chi connectivity index (χ0v) is 11.6. The number of halogens is 2. The molecule has 1 N–H and O–H groups in total. The first kappa shape index (κ1) is 13.0. The van der Waals surface area contributed by atoms with E-state index in [1.807, 2.05) is 29.5 Å². The van der Waals surface area contributed by atoms with Crippen molar-refractivity contribution in [2.24, 2.45) is 0 Å². The highest BCUT2D eigenvalue weighted by Gasteiger charge is 2.15. The number of carboxylic acids is 1. The molecule has 0 saturated carbocycles. The molecule has 94 valence electrons. The summed E-state index contributed by atoms with van der Waals surface area (Å²) < 4.78 is 15.5. The SMILES string of the molecule is CCn1cc(C(=O)O)c(=O)c2cc(F)c(I)cc21. The first-order valence-electron chi connectivity index (χ1n) is 5.21. The molecule has 1 heterocycles. The van der Waals surface area contributed by atoms with Gasteiger partial charge in [-0.15, -0.1) is 0 Å². The number of rotatable bonds is 2. The van der Waals surface area contributed by atoms with Gasteiger partial charge in [0.25, 0.3) is 0 Å². The zero-order chi connectivity index (χ0) is 13.4. The summed E-state index contributed by atoms with van der Waals surface area (Å²) in [7, 11) is 0. The summed E-state index contributed by atoms with van der Waals surface area (Å²) in [5.41, 5.74) is -0.458. The van der Waals surface area contributed by atoms with Crippen LogP contribution in [0.3, 0.4) is 0 Å². The summed E-state index contributed by atoms with van der Waals surface area (Å²) in [6.07, 6.45) is 1.29. The zero-order valence-electron chi connectivity index (χ0n) is 9.41. The second-order valence-electron chi connectivity index (χ2n) is 3.75. The number of carboxylic acid groups (broad SMARTS) is 1. The van der Waals surface area contributed by atoms with E-state index >= 15 is 0 Å². The summed E-state index contributed by atoms with van der Waals surface area (Å²) in [6, 6.07) is 2.64. The molecule has 0 saturated heterocycles. The van der Waals surface area contributed by atoms with Crippen molar-refractivity contribution in [1.82, 2.24) is 4.57 Å². The molecule has 0 radical (unpaired) electrons. The maximum Gasteiger partial charge on any atom is 0.341 e. The van der Waals surface area contributed by atoms with Crippen LogP contribution in [0.1, 0.15) is 17.3 Å². The molecule has 2 aromatic rings. The fraction of sp³-hybridized carbons (Fsp3) is 0.167. The topological polar surface area (TPSA) is 59.3 Å². The Morgan fingerprint density at radius 1 is 1.50 bits per heavy atom. The van der Waals surface area contributed by atoms with Crippen LogP contribution in [0.5, 0.6) is 0 Å². The molecule has 0 aliphatic carbocycles. The Morgan fingerprint density at radius 2 is 2.17 bits per heavy atom. The minimum Gasteiger partial charge on any atom is -0.477 e. The first-order valence-corrected chi connectivity index (χ1v) is 6.29. The molecule has 0 aliphatic rings. The summed E-state index contributed by atoms with van der Waals surface area (Å²) in [6.45, 7) is 2.32. The van der Waals surface area contributed by atoms with E-state index in [1.165, 1.54) is 6.20 Å². The Kier molecular flexibility index (Phi) is 3.38. The van der Waals surface area contributed by atoms with Gasteiger partial charge in [0.1, 0.15) is 11.4 Å². The number of benzene rings is 1. The Labute approximate surface area is 115 Å². The molecule has 2 rings (SSSR count). The number of hydrogen-bond donors (Lipinski definition) is 1. The molecule has 0 atom stereocenters. The molecule has 1 aromatic heterocycles. The predicted octanol–water partition coefficient (Wildman–Crippen LogP) is 2.46. The monoisotopic (exact) mass is 361 g/mol. The van der Waals surface area contributed by atoms with Crippen LogP contribution in [-0.2, 0) is 6.54 Å². The fourth-order valence-corrected chi connectivity index (χ4v) is 2.25. The smallest absolute Gasteiger partial charge is 0.341 e. The van der Waals surface area contributed by atoms with Crippen molar-refractivity contribution in [3.8, 4) is 0 Å². The van der Waals surface area contributed by atoms with E-state index in [0.717, 1.165) is 6.07 Å². The summed E-state index contributed by atoms with van der Waals surface area (Å²) in [5, 5.41) is 9.05. The van der Waals surface area contributed by atoms with Gasteiger partial charge in [-0.3, -0.25) is 4.79 Å². The van der Waals surface area contributed by atoms with Crippen molar-refractivity contribution in [3.63, 3.8) is 0 Å². The third-order valence-electron chi connectivity index (χ3n) is 2.69. The number of hydrogen-bond acceptors (Lipinski definition) is 2. The van der Waals surface area contributed by atoms with Gasteiger partial charge in [-0.1, -0.05) is 0 Å². The van der Waals surface area contributed by atoms with Crippen molar-refractivity contribution in [2.75, 3.05) is 0 Å². The molecule has 1 aromatic carbocycles. The van der Waals surface area contributed by atoms with E-state index in [0.29, 0.717) is 15.6 Å². The Morgan fingerprint density at radius 3 is 2.72 bits per heavy atom. The second-order valence-corrected chi connectivity index (χ2v) is 4.91. The Hall–Kier alpha value is -1.44. The molecule has 4 nitrogen and oxygen atoms in total. The quantitative estimate of drug-likeness (QED) is 0.837. The summed E-state index contributed by atoms with van der Waals surface area (Å²) in [4.78, 5) is 22.9. The van der Waals surface area contributed by atoms with Crippen LogP contribution in [0.25, 0.3) is 10.9 Å². The van der Waals surface area contributed by atoms with Gasteiger partial charge in [0.05, 0.1) is 9.09 Å². The fourth-order valence-electron chi connectivity index (χ4n) is 1.80. The number of carbonyl (C=O) groups is 1. The third-order valence-corrected chi connectivity index (χ3v) is 3.52. The molecule has 0 amide bonds. The van der Waals surface area contributed by atoms with Crippen LogP contribution in [0.15, 0.2) is 23.1 Å². The molecule has 0 bridgehead atoms. The minimum atomic E-state index is -1.30. The van der Waals surface area contributed by atoms with Crippen LogP contribution in [-0.4, -0.2) is 15.6 Å². The van der Waals surface area contributed by atoms with E-state index in [9.17, 15) is 14.0 Å². The lowest BCUT2D eigenvalue weighted by Gasteiger charge is -2.10. The van der Waals surface area contributed by atoms with E-state index in [2.05, 4.69) is 0 Å². The highest BCUT2D eigenvalue weighted by atomic mass is 127. The summed E-state index contributed by atoms with van der Waals surface area (Å²) >= 11 is 1.83. The second kappa shape index (κ2) is 4.68. The van der Waals surface area contributed by atoms with Gasteiger partial charge < -0.3 is 9.67 Å². The Balaban J connectivity index is 2.99. The lowest BCUT2D eigenvalue weighted by molar-refractivity contribution is 0.0695. The van der Waals surface area contributed by atoms with Crippen molar-refractivity contribution in [1.29, 1.82) is 0 Å². The van der Waals surface area contributed by atoms with Crippen LogP contribution in [0.4, 0.5) is 4.39 Å². The lowest BCUT2D eigenvalue weighted by Crippen LogP contribution is -2.19. The van der Waals surface area contributed by atoms with Crippen LogP contribution < -0.4 is 5.43 Å². The number of aromatic carboxylic acids is 1. The van der Waals surface area contributed by atoms with Crippen molar-refractivity contribution in [2.45, 2.75) is 13.5 Å². The highest BCUT2D eigenvalue weighted by molar-refractivity contribution is 14.1. The third kappa shape index (κ3) is 2.00. The van der Waals surface area contributed by atoms with Gasteiger partial charge in [0.15, 0.2) is 0 Å². The van der Waals surface area contributed by atoms with E-state index in [-0.39, 0.29) is 10.9 Å². The average molecular weight is 361 g/mol. The van der Waals surface area contributed by atoms with Crippen LogP contribution in [0.2, 0.25) is 0 Å². The normalized spacial score (nSPS) is 10.8. The molecular weight excluding hydrogens is 352 g/mol. The standard InChI is InChI=1S/C12H9FINO3/c1-2-15-5-7(12(17)18)11(16)6-3-8(13)9(14)4-10(6)15/h3-5H,2H2,1H3,(H,17,18). The van der Waals surface area contributed by atoms with Crippen LogP contribution in [0, 0.1) is 9.39 Å². The number of aromatic nitrogens is 1. The first-order chi connectivity index (χ1) is 8.45. The number of pyridine rings is 1. The molecule has 0 aliphatic heterocycles. The van der Waals surface area contributed by atoms with E-state index in [4.69, 9.17) is 5.11 Å². The maximum absolute atomic E-state index is 13.5. The van der Waals surface area contributed by atoms with E-state index < -0.39 is 17.2 Å². The van der Waals surface area contributed by atoms with Gasteiger partial charge >= 0.3 is 5.97 Å². The maximum atomic E-state index is 13.5. The van der Waals surface area contributed by atoms with E-state index in [1.54, 1.807) is 10.6 Å². The van der Waals surface area contributed by atoms with Gasteiger partial charge in [-0.05, 0) is 41.6 Å². The van der Waals surface area contributed by atoms with Crippen molar-refractivity contribution in [3.05, 3.63) is 43.5 Å². The van der Waals surface area contributed by atoms with Gasteiger partial charge in [0, 0.05) is 18.1 Å². The average Bonchev–Trinajstić information content (AvgIpc) is 2.32. The largest absolute Gasteiger partial charge is 0.477 e. The van der Waals surface area contributed by atoms with Gasteiger partial charge in [-0.2, -0.15) is 0 Å². The summed E-state index contributed by atoms with van der Waals surface area (Å²) in [5.74, 6) is -1.83. The molecule has 0 unspecified atom stereocenters. The van der Waals surface area contributed by atoms with Crippen molar-refractivity contribution < 1.29 is 14.3 Å². The number of nitrogens with zero attached hydrogens (tertiary/aromatic N) is 1.